The van der Waals surface area contributed by atoms with E-state index in [0.717, 1.165) is 12.2 Å². The largest absolute Gasteiger partial charge is 0.147 e. The van der Waals surface area contributed by atoms with Gasteiger partial charge < -0.3 is 0 Å². The molecule has 0 radical (unpaired) electrons. The van der Waals surface area contributed by atoms with E-state index in [1.165, 1.54) is 20.6 Å². The monoisotopic (exact) mass is 410 g/mol. The van der Waals surface area contributed by atoms with E-state index in [9.17, 15) is 0 Å². The number of rotatable bonds is 3. The van der Waals surface area contributed by atoms with Gasteiger partial charge in [0.05, 0.1) is 0 Å². The van der Waals surface area contributed by atoms with Gasteiger partial charge >= 0.3 is 165 Å². The quantitative estimate of drug-likeness (QED) is 0.478. The van der Waals surface area contributed by atoms with E-state index in [0.29, 0.717) is 0 Å². The van der Waals surface area contributed by atoms with Crippen molar-refractivity contribution in [2.45, 2.75) is 85.0 Å². The third kappa shape index (κ3) is 5.75. The van der Waals surface area contributed by atoms with Gasteiger partial charge in [-0.15, -0.1) is 12.4 Å². The van der Waals surface area contributed by atoms with Crippen LogP contribution in [0.1, 0.15) is 85.4 Å². The molecule has 0 aliphatic heterocycles. The van der Waals surface area contributed by atoms with E-state index >= 15 is 0 Å². The molecule has 26 heavy (non-hydrogen) atoms. The van der Waals surface area contributed by atoms with Crippen LogP contribution in [0, 0.1) is 0 Å². The Morgan fingerprint density at radius 1 is 0.808 bits per heavy atom. The van der Waals surface area contributed by atoms with Crippen molar-refractivity contribution in [1.29, 1.82) is 0 Å². The Hall–Kier alpha value is -0.496. The summed E-state index contributed by atoms with van der Waals surface area (Å²) in [6.07, 6.45) is 7.67. The van der Waals surface area contributed by atoms with Crippen LogP contribution >= 0.6 is 12.4 Å². The first-order chi connectivity index (χ1) is 11.3. The van der Waals surface area contributed by atoms with Gasteiger partial charge in [0.1, 0.15) is 0 Å². The minimum absolute atomic E-state index is 0. The predicted octanol–water partition coefficient (Wildman–Crippen LogP) is 7.22. The molecule has 3 heteroatoms. The fraction of sp³-hybridized carbons (Fsp3) is 0.565. The first-order valence-corrected chi connectivity index (χ1v) is 10.7. The van der Waals surface area contributed by atoms with Crippen LogP contribution in [0.3, 0.4) is 0 Å². The Morgan fingerprint density at radius 2 is 1.31 bits per heavy atom. The van der Waals surface area contributed by atoms with Gasteiger partial charge in [-0.05, 0) is 0 Å². The Balaban J connectivity index is 0.00000338. The summed E-state index contributed by atoms with van der Waals surface area (Å²) in [6.45, 7) is 20.7. The Kier molecular flexibility index (Phi) is 7.47. The van der Waals surface area contributed by atoms with E-state index in [2.05, 4.69) is 92.7 Å². The third-order valence-electron chi connectivity index (χ3n) is 4.63. The number of hydrogen-bond acceptors (Lipinski definition) is 1. The van der Waals surface area contributed by atoms with Crippen molar-refractivity contribution in [3.8, 4) is 5.75 Å². The van der Waals surface area contributed by atoms with Gasteiger partial charge in [-0.2, -0.15) is 0 Å². The molecule has 0 atom stereocenters. The Bertz CT molecular complexity index is 659. The molecule has 1 nitrogen and oxygen atoms in total. The summed E-state index contributed by atoms with van der Waals surface area (Å²) in [5.41, 5.74) is 4.35. The summed E-state index contributed by atoms with van der Waals surface area (Å²) in [7, 11) is 0. The molecule has 0 saturated heterocycles. The predicted molar refractivity (Wildman–Crippen MR) is 112 cm³/mol. The second-order valence-corrected chi connectivity index (χ2v) is 11.8. The summed E-state index contributed by atoms with van der Waals surface area (Å²) in [5, 5.41) is 0. The van der Waals surface area contributed by atoms with Crippen LogP contribution in [0.4, 0.5) is 0 Å². The molecular weight excluding hydrogens is 376 g/mol. The van der Waals surface area contributed by atoms with Crippen molar-refractivity contribution in [2.24, 2.45) is 0 Å². The van der Waals surface area contributed by atoms with Gasteiger partial charge in [0.25, 0.3) is 0 Å². The van der Waals surface area contributed by atoms with Gasteiger partial charge in [-0.3, -0.25) is 0 Å². The maximum absolute atomic E-state index is 6.59. The molecule has 0 spiro atoms. The van der Waals surface area contributed by atoms with Crippen molar-refractivity contribution < 1.29 is 22.9 Å². The van der Waals surface area contributed by atoms with E-state index in [4.69, 9.17) is 3.32 Å². The molecule has 0 saturated carbocycles. The van der Waals surface area contributed by atoms with Gasteiger partial charge in [0.15, 0.2) is 0 Å². The maximum Gasteiger partial charge on any atom is -0.147 e. The second-order valence-electron chi connectivity index (χ2n) is 10.2. The summed E-state index contributed by atoms with van der Waals surface area (Å²) in [6, 6.07) is 4.77. The van der Waals surface area contributed by atoms with Crippen LogP contribution < -0.4 is 3.32 Å². The van der Waals surface area contributed by atoms with Crippen LogP contribution in [0.2, 0.25) is 0 Å². The maximum atomic E-state index is 6.59. The standard InChI is InChI=1S/C18H30O.C5H5.ClH.Ti/c1-16(2,3)12-10-13(17(4,5)6)15(19)14(11-12)18(7,8)9;1-2-4-5-3-1;;/h10-11,19H,1-9H3;1-3H,4H2;1H;/q;;;+1/p-1. The molecule has 144 valence electrons. The minimum atomic E-state index is -0.578. The zero-order chi connectivity index (χ0) is 19.0. The fourth-order valence-corrected chi connectivity index (χ4v) is 4.20. The van der Waals surface area contributed by atoms with Crippen molar-refractivity contribution >= 4 is 12.4 Å². The zero-order valence-corrected chi connectivity index (χ0v) is 20.3. The van der Waals surface area contributed by atoms with E-state index in [1.807, 2.05) is 0 Å². The Morgan fingerprint density at radius 3 is 1.65 bits per heavy atom. The molecule has 0 aromatic heterocycles. The van der Waals surface area contributed by atoms with E-state index in [1.54, 1.807) is 0 Å². The topological polar surface area (TPSA) is 9.23 Å². The third-order valence-corrected chi connectivity index (χ3v) is 6.09. The number of halogens is 1. The summed E-state index contributed by atoms with van der Waals surface area (Å²) >= 11 is -0.578. The number of allylic oxidation sites excluding steroid dienone is 4. The van der Waals surface area contributed by atoms with Crippen LogP contribution in [-0.2, 0) is 35.8 Å². The molecule has 1 aliphatic carbocycles. The molecule has 0 N–H and O–H groups in total. The molecule has 0 amide bonds. The normalized spacial score (nSPS) is 14.7. The van der Waals surface area contributed by atoms with Crippen molar-refractivity contribution in [3.05, 3.63) is 50.9 Å². The summed E-state index contributed by atoms with van der Waals surface area (Å²) < 4.78 is 8.06. The summed E-state index contributed by atoms with van der Waals surface area (Å²) in [4.78, 5) is 0. The van der Waals surface area contributed by atoms with Gasteiger partial charge in [-0.25, -0.2) is 0 Å². The molecular formula is C23H35ClOTi. The molecule has 1 aromatic rings. The number of benzene rings is 1. The number of hydrogen-bond donors (Lipinski definition) is 0. The van der Waals surface area contributed by atoms with E-state index in [-0.39, 0.29) is 28.7 Å². The zero-order valence-electron chi connectivity index (χ0n) is 17.9. The minimum Gasteiger partial charge on any atom is -0.147 e. The molecule has 0 fully saturated rings. The molecule has 1 aliphatic rings. The average molecular weight is 411 g/mol. The molecule has 2 rings (SSSR count). The first kappa shape index (κ1) is 23.5. The fourth-order valence-electron chi connectivity index (χ4n) is 2.93. The first-order valence-electron chi connectivity index (χ1n) is 9.28. The van der Waals surface area contributed by atoms with E-state index < -0.39 is 19.5 Å². The van der Waals surface area contributed by atoms with Crippen molar-refractivity contribution in [3.63, 3.8) is 0 Å². The van der Waals surface area contributed by atoms with Gasteiger partial charge in [0, 0.05) is 0 Å². The van der Waals surface area contributed by atoms with Crippen LogP contribution in [0.15, 0.2) is 34.2 Å². The van der Waals surface area contributed by atoms with Crippen LogP contribution in [0.5, 0.6) is 5.75 Å². The summed E-state index contributed by atoms with van der Waals surface area (Å²) in [5.74, 6) is 1.14. The van der Waals surface area contributed by atoms with Gasteiger partial charge in [-0.1, -0.05) is 0 Å². The smallest absolute Gasteiger partial charge is 0.147 e. The SMILES string of the molecule is CC(C)(C)c1cc(C(C)(C)C)c([O][Ti][C]2=CC=CC2)c(C(C)(C)C)c1.Cl. The second kappa shape index (κ2) is 8.25. The van der Waals surface area contributed by atoms with Crippen LogP contribution in [-0.4, -0.2) is 0 Å². The van der Waals surface area contributed by atoms with Crippen molar-refractivity contribution in [1.82, 2.24) is 0 Å². The Labute approximate surface area is 176 Å². The molecule has 0 heterocycles. The molecule has 0 bridgehead atoms. The van der Waals surface area contributed by atoms with Crippen molar-refractivity contribution in [2.75, 3.05) is 0 Å². The average Bonchev–Trinajstić information content (AvgIpc) is 2.94. The molecule has 0 unspecified atom stereocenters. The van der Waals surface area contributed by atoms with Gasteiger partial charge in [0.2, 0.25) is 0 Å². The van der Waals surface area contributed by atoms with Crippen LogP contribution in [0.25, 0.3) is 0 Å². The molecule has 1 aromatic carbocycles.